The number of hydrogen-bond acceptors (Lipinski definition) is 4. The summed E-state index contributed by atoms with van der Waals surface area (Å²) in [5.41, 5.74) is 3.34. The molecular formula is C19H13BrN2OS. The molecule has 0 amide bonds. The van der Waals surface area contributed by atoms with Gasteiger partial charge < -0.3 is 4.74 Å². The molecule has 0 saturated carbocycles. The standard InChI is InChI=1S/C19H13BrN2OS/c1-23-17-4-2-3-13(10-17)9-15(11-21)19-22-18(12-24-19)14-5-7-16(20)8-6-14/h2-10,12H,1H3/b15-9-. The molecule has 5 heteroatoms. The van der Waals surface area contributed by atoms with Crippen LogP contribution in [-0.2, 0) is 0 Å². The van der Waals surface area contributed by atoms with Gasteiger partial charge in [0.25, 0.3) is 0 Å². The first kappa shape index (κ1) is 16.4. The zero-order chi connectivity index (χ0) is 16.9. The summed E-state index contributed by atoms with van der Waals surface area (Å²) >= 11 is 4.89. The Morgan fingerprint density at radius 1 is 1.25 bits per heavy atom. The molecule has 0 N–H and O–H groups in total. The summed E-state index contributed by atoms with van der Waals surface area (Å²) in [6, 6.07) is 17.8. The van der Waals surface area contributed by atoms with Gasteiger partial charge in [-0.2, -0.15) is 5.26 Å². The van der Waals surface area contributed by atoms with Gasteiger partial charge in [-0.25, -0.2) is 4.98 Å². The Bertz CT molecular complexity index is 923. The van der Waals surface area contributed by atoms with Crippen LogP contribution in [0.3, 0.4) is 0 Å². The SMILES string of the molecule is COc1cccc(/C=C(/C#N)c2nc(-c3ccc(Br)cc3)cs2)c1. The summed E-state index contributed by atoms with van der Waals surface area (Å²) in [5, 5.41) is 12.2. The van der Waals surface area contributed by atoms with Gasteiger partial charge in [-0.15, -0.1) is 11.3 Å². The van der Waals surface area contributed by atoms with Crippen molar-refractivity contribution >= 4 is 38.9 Å². The van der Waals surface area contributed by atoms with Crippen LogP contribution in [0, 0.1) is 11.3 Å². The second kappa shape index (κ2) is 7.43. The van der Waals surface area contributed by atoms with Crippen LogP contribution >= 0.6 is 27.3 Å². The van der Waals surface area contributed by atoms with Gasteiger partial charge in [-0.1, -0.05) is 40.2 Å². The molecule has 0 aliphatic heterocycles. The van der Waals surface area contributed by atoms with Crippen molar-refractivity contribution in [3.05, 3.63) is 69.0 Å². The third-order valence-electron chi connectivity index (χ3n) is 3.40. The van der Waals surface area contributed by atoms with Crippen molar-refractivity contribution < 1.29 is 4.74 Å². The molecule has 0 aliphatic carbocycles. The zero-order valence-corrected chi connectivity index (χ0v) is 15.3. The predicted octanol–water partition coefficient (Wildman–Crippen LogP) is 5.65. The number of hydrogen-bond donors (Lipinski definition) is 0. The summed E-state index contributed by atoms with van der Waals surface area (Å²) in [6.07, 6.45) is 1.83. The Morgan fingerprint density at radius 2 is 2.04 bits per heavy atom. The molecule has 0 aliphatic rings. The highest BCUT2D eigenvalue weighted by Crippen LogP contribution is 2.28. The fraction of sp³-hybridized carbons (Fsp3) is 0.0526. The molecule has 0 unspecified atom stereocenters. The number of thiazole rings is 1. The maximum Gasteiger partial charge on any atom is 0.134 e. The average molecular weight is 397 g/mol. The summed E-state index contributed by atoms with van der Waals surface area (Å²) in [4.78, 5) is 4.60. The van der Waals surface area contributed by atoms with Crippen LogP contribution in [0.2, 0.25) is 0 Å². The molecule has 3 rings (SSSR count). The van der Waals surface area contributed by atoms with Crippen LogP contribution in [0.5, 0.6) is 5.75 Å². The molecule has 118 valence electrons. The van der Waals surface area contributed by atoms with E-state index >= 15 is 0 Å². The molecular weight excluding hydrogens is 384 g/mol. The largest absolute Gasteiger partial charge is 0.497 e. The average Bonchev–Trinajstić information content (AvgIpc) is 3.10. The first-order valence-corrected chi connectivity index (χ1v) is 8.84. The number of aromatic nitrogens is 1. The van der Waals surface area contributed by atoms with Gasteiger partial charge in [0.05, 0.1) is 18.4 Å². The van der Waals surface area contributed by atoms with E-state index in [4.69, 9.17) is 4.74 Å². The van der Waals surface area contributed by atoms with E-state index in [1.807, 2.05) is 60.0 Å². The van der Waals surface area contributed by atoms with Gasteiger partial charge in [-0.3, -0.25) is 0 Å². The summed E-state index contributed by atoms with van der Waals surface area (Å²) in [5.74, 6) is 0.760. The number of rotatable bonds is 4. The molecule has 0 radical (unpaired) electrons. The van der Waals surface area contributed by atoms with E-state index in [-0.39, 0.29) is 0 Å². The number of nitrogens with zero attached hydrogens (tertiary/aromatic N) is 2. The normalized spacial score (nSPS) is 11.1. The third-order valence-corrected chi connectivity index (χ3v) is 4.80. The maximum atomic E-state index is 9.49. The van der Waals surface area contributed by atoms with Crippen molar-refractivity contribution in [3.63, 3.8) is 0 Å². The quantitative estimate of drug-likeness (QED) is 0.535. The molecule has 3 nitrogen and oxygen atoms in total. The van der Waals surface area contributed by atoms with E-state index in [0.717, 1.165) is 27.0 Å². The lowest BCUT2D eigenvalue weighted by Crippen LogP contribution is -1.85. The van der Waals surface area contributed by atoms with E-state index in [1.54, 1.807) is 7.11 Å². The number of nitriles is 1. The van der Waals surface area contributed by atoms with Crippen molar-refractivity contribution in [2.75, 3.05) is 7.11 Å². The van der Waals surface area contributed by atoms with E-state index in [9.17, 15) is 5.26 Å². The molecule has 2 aromatic carbocycles. The fourth-order valence-electron chi connectivity index (χ4n) is 2.19. The minimum Gasteiger partial charge on any atom is -0.497 e. The Hall–Kier alpha value is -2.42. The number of halogens is 1. The summed E-state index contributed by atoms with van der Waals surface area (Å²) in [6.45, 7) is 0. The molecule has 0 fully saturated rings. The first-order valence-electron chi connectivity index (χ1n) is 7.17. The van der Waals surface area contributed by atoms with E-state index in [0.29, 0.717) is 10.6 Å². The Kier molecular flexibility index (Phi) is 5.09. The molecule has 0 atom stereocenters. The molecule has 24 heavy (non-hydrogen) atoms. The molecule has 1 aromatic heterocycles. The smallest absolute Gasteiger partial charge is 0.134 e. The van der Waals surface area contributed by atoms with Gasteiger partial charge in [0, 0.05) is 15.4 Å². The van der Waals surface area contributed by atoms with E-state index < -0.39 is 0 Å². The van der Waals surface area contributed by atoms with Crippen LogP contribution in [0.4, 0.5) is 0 Å². The fourth-order valence-corrected chi connectivity index (χ4v) is 3.25. The molecule has 0 saturated heterocycles. The van der Waals surface area contributed by atoms with Crippen molar-refractivity contribution in [2.45, 2.75) is 0 Å². The van der Waals surface area contributed by atoms with Gasteiger partial charge in [0.1, 0.15) is 16.8 Å². The van der Waals surface area contributed by atoms with Crippen molar-refractivity contribution in [1.29, 1.82) is 5.26 Å². The van der Waals surface area contributed by atoms with Gasteiger partial charge >= 0.3 is 0 Å². The topological polar surface area (TPSA) is 45.9 Å². The van der Waals surface area contributed by atoms with Crippen LogP contribution < -0.4 is 4.74 Å². The molecule has 0 bridgehead atoms. The van der Waals surface area contributed by atoms with Crippen molar-refractivity contribution in [1.82, 2.24) is 4.98 Å². The lowest BCUT2D eigenvalue weighted by Gasteiger charge is -2.01. The van der Waals surface area contributed by atoms with Gasteiger partial charge in [0.2, 0.25) is 0 Å². The number of allylic oxidation sites excluding steroid dienone is 1. The van der Waals surface area contributed by atoms with E-state index in [1.165, 1.54) is 11.3 Å². The predicted molar refractivity (Wildman–Crippen MR) is 102 cm³/mol. The van der Waals surface area contributed by atoms with Crippen molar-refractivity contribution in [3.8, 4) is 23.1 Å². The minimum absolute atomic E-state index is 0.539. The molecule has 3 aromatic rings. The Balaban J connectivity index is 1.93. The highest BCUT2D eigenvalue weighted by Gasteiger charge is 2.09. The Morgan fingerprint density at radius 3 is 2.75 bits per heavy atom. The second-order valence-corrected chi connectivity index (χ2v) is 6.77. The van der Waals surface area contributed by atoms with Gasteiger partial charge in [0.15, 0.2) is 0 Å². The van der Waals surface area contributed by atoms with Gasteiger partial charge in [-0.05, 0) is 35.9 Å². The van der Waals surface area contributed by atoms with Crippen molar-refractivity contribution in [2.24, 2.45) is 0 Å². The zero-order valence-electron chi connectivity index (χ0n) is 12.9. The number of methoxy groups -OCH3 is 1. The summed E-state index contributed by atoms with van der Waals surface area (Å²) < 4.78 is 6.24. The lowest BCUT2D eigenvalue weighted by atomic mass is 10.1. The number of ether oxygens (including phenoxy) is 1. The molecule has 0 spiro atoms. The lowest BCUT2D eigenvalue weighted by molar-refractivity contribution is 0.414. The maximum absolute atomic E-state index is 9.49. The van der Waals surface area contributed by atoms with Crippen LogP contribution in [-0.4, -0.2) is 12.1 Å². The van der Waals surface area contributed by atoms with Crippen LogP contribution in [0.25, 0.3) is 22.9 Å². The number of benzene rings is 2. The second-order valence-electron chi connectivity index (χ2n) is 4.99. The summed E-state index contributed by atoms with van der Waals surface area (Å²) in [7, 11) is 1.62. The highest BCUT2D eigenvalue weighted by atomic mass is 79.9. The van der Waals surface area contributed by atoms with Crippen LogP contribution in [0.15, 0.2) is 58.4 Å². The highest BCUT2D eigenvalue weighted by molar-refractivity contribution is 9.10. The third kappa shape index (κ3) is 3.73. The first-order chi connectivity index (χ1) is 11.7. The molecule has 1 heterocycles. The van der Waals surface area contributed by atoms with Crippen LogP contribution in [0.1, 0.15) is 10.6 Å². The minimum atomic E-state index is 0.539. The van der Waals surface area contributed by atoms with E-state index in [2.05, 4.69) is 27.0 Å². The monoisotopic (exact) mass is 396 g/mol. The Labute approximate surface area is 153 Å².